The van der Waals surface area contributed by atoms with Crippen molar-refractivity contribution in [3.63, 3.8) is 0 Å². The lowest BCUT2D eigenvalue weighted by Gasteiger charge is -2.19. The van der Waals surface area contributed by atoms with Gasteiger partial charge in [-0.2, -0.15) is 0 Å². The van der Waals surface area contributed by atoms with Gasteiger partial charge in [0.25, 0.3) is 0 Å². The van der Waals surface area contributed by atoms with Crippen molar-refractivity contribution in [3.05, 3.63) is 24.0 Å². The molecular weight excluding hydrogens is 160 g/mol. The molecule has 0 radical (unpaired) electrons. The van der Waals surface area contributed by atoms with Gasteiger partial charge in [0.1, 0.15) is 0 Å². The number of pyridine rings is 1. The Labute approximate surface area is 80.6 Å². The second kappa shape index (κ2) is 3.36. The zero-order valence-electron chi connectivity index (χ0n) is 9.13. The molecule has 0 bridgehead atoms. The molecule has 0 aliphatic carbocycles. The minimum Gasteiger partial charge on any atom is -0.376 e. The van der Waals surface area contributed by atoms with Crippen molar-refractivity contribution in [1.29, 1.82) is 0 Å². The number of anilines is 1. The molecule has 0 aliphatic heterocycles. The fraction of sp³-hybridized carbons (Fsp3) is 0.545. The summed E-state index contributed by atoms with van der Waals surface area (Å²) in [6.07, 6.45) is 1.92. The number of aromatic nitrogens is 1. The molecule has 72 valence electrons. The van der Waals surface area contributed by atoms with Gasteiger partial charge in [0.2, 0.25) is 0 Å². The van der Waals surface area contributed by atoms with E-state index in [1.165, 1.54) is 0 Å². The Morgan fingerprint density at radius 3 is 2.08 bits per heavy atom. The topological polar surface area (TPSA) is 16.1 Å². The van der Waals surface area contributed by atoms with Crippen LogP contribution in [0.5, 0.6) is 0 Å². The summed E-state index contributed by atoms with van der Waals surface area (Å²) in [6, 6.07) is 4.20. The lowest BCUT2D eigenvalue weighted by Crippen LogP contribution is -2.15. The Morgan fingerprint density at radius 1 is 1.15 bits per heavy atom. The third-order valence-corrected chi connectivity index (χ3v) is 2.03. The molecule has 0 saturated heterocycles. The first-order chi connectivity index (χ1) is 5.91. The van der Waals surface area contributed by atoms with Gasteiger partial charge in [-0.1, -0.05) is 20.8 Å². The summed E-state index contributed by atoms with van der Waals surface area (Å²) < 4.78 is 0. The first-order valence-electron chi connectivity index (χ1n) is 4.55. The highest BCUT2D eigenvalue weighted by atomic mass is 15.1. The van der Waals surface area contributed by atoms with E-state index in [-0.39, 0.29) is 5.41 Å². The van der Waals surface area contributed by atoms with E-state index in [9.17, 15) is 0 Å². The van der Waals surface area contributed by atoms with E-state index in [4.69, 9.17) is 0 Å². The Morgan fingerprint density at radius 2 is 1.77 bits per heavy atom. The standard InChI is InChI=1S/C11H18N2/c1-11(2,3)10-7-6-9(8-12-10)13(4)5/h6-8H,1-5H3. The minimum atomic E-state index is 0.144. The van der Waals surface area contributed by atoms with Gasteiger partial charge in [-0.3, -0.25) is 4.98 Å². The van der Waals surface area contributed by atoms with Crippen LogP contribution in [0.15, 0.2) is 18.3 Å². The van der Waals surface area contributed by atoms with Crippen LogP contribution in [-0.2, 0) is 5.41 Å². The second-order valence-corrected chi connectivity index (χ2v) is 4.55. The first kappa shape index (κ1) is 10.0. The van der Waals surface area contributed by atoms with E-state index in [1.807, 2.05) is 20.3 Å². The molecule has 0 spiro atoms. The lowest BCUT2D eigenvalue weighted by molar-refractivity contribution is 0.569. The van der Waals surface area contributed by atoms with Crippen LogP contribution >= 0.6 is 0 Å². The van der Waals surface area contributed by atoms with Crippen molar-refractivity contribution in [1.82, 2.24) is 4.98 Å². The molecule has 0 aliphatic rings. The smallest absolute Gasteiger partial charge is 0.0547 e. The molecule has 13 heavy (non-hydrogen) atoms. The third kappa shape index (κ3) is 2.44. The summed E-state index contributed by atoms with van der Waals surface area (Å²) >= 11 is 0. The number of nitrogens with zero attached hydrogens (tertiary/aromatic N) is 2. The molecule has 2 nitrogen and oxygen atoms in total. The summed E-state index contributed by atoms with van der Waals surface area (Å²) in [5.41, 5.74) is 2.43. The second-order valence-electron chi connectivity index (χ2n) is 4.55. The molecule has 0 fully saturated rings. The SMILES string of the molecule is CN(C)c1ccc(C(C)(C)C)nc1. The van der Waals surface area contributed by atoms with E-state index < -0.39 is 0 Å². The molecule has 2 heteroatoms. The highest BCUT2D eigenvalue weighted by Crippen LogP contribution is 2.21. The summed E-state index contributed by atoms with van der Waals surface area (Å²) in [5, 5.41) is 0. The zero-order valence-corrected chi connectivity index (χ0v) is 9.13. The normalized spacial score (nSPS) is 11.5. The van der Waals surface area contributed by atoms with E-state index in [0.717, 1.165) is 11.4 Å². The van der Waals surface area contributed by atoms with Gasteiger partial charge < -0.3 is 4.90 Å². The maximum atomic E-state index is 4.43. The van der Waals surface area contributed by atoms with Crippen molar-refractivity contribution < 1.29 is 0 Å². The van der Waals surface area contributed by atoms with Crippen molar-refractivity contribution in [2.24, 2.45) is 0 Å². The highest BCUT2D eigenvalue weighted by Gasteiger charge is 2.14. The summed E-state index contributed by atoms with van der Waals surface area (Å²) in [5.74, 6) is 0. The van der Waals surface area contributed by atoms with Crippen molar-refractivity contribution >= 4 is 5.69 Å². The molecule has 0 atom stereocenters. The highest BCUT2D eigenvalue weighted by molar-refractivity contribution is 5.43. The van der Waals surface area contributed by atoms with Crippen LogP contribution in [0.4, 0.5) is 5.69 Å². The van der Waals surface area contributed by atoms with Crippen molar-refractivity contribution in [2.75, 3.05) is 19.0 Å². The van der Waals surface area contributed by atoms with Gasteiger partial charge in [0.05, 0.1) is 11.9 Å². The quantitative estimate of drug-likeness (QED) is 0.656. The minimum absolute atomic E-state index is 0.144. The van der Waals surface area contributed by atoms with Crippen molar-refractivity contribution in [2.45, 2.75) is 26.2 Å². The van der Waals surface area contributed by atoms with Gasteiger partial charge in [-0.25, -0.2) is 0 Å². The van der Waals surface area contributed by atoms with Gasteiger partial charge in [0, 0.05) is 25.2 Å². The van der Waals surface area contributed by atoms with Crippen LogP contribution in [-0.4, -0.2) is 19.1 Å². The van der Waals surface area contributed by atoms with Crippen LogP contribution in [0.25, 0.3) is 0 Å². The lowest BCUT2D eigenvalue weighted by atomic mass is 9.92. The fourth-order valence-electron chi connectivity index (χ4n) is 1.09. The van der Waals surface area contributed by atoms with Crippen LogP contribution < -0.4 is 4.90 Å². The summed E-state index contributed by atoms with van der Waals surface area (Å²) in [4.78, 5) is 6.48. The monoisotopic (exact) mass is 178 g/mol. The van der Waals surface area contributed by atoms with Crippen LogP contribution in [0.1, 0.15) is 26.5 Å². The Kier molecular flexibility index (Phi) is 2.60. The maximum absolute atomic E-state index is 4.43. The average molecular weight is 178 g/mol. The van der Waals surface area contributed by atoms with Crippen LogP contribution in [0.3, 0.4) is 0 Å². The number of hydrogen-bond donors (Lipinski definition) is 0. The van der Waals surface area contributed by atoms with Gasteiger partial charge in [0.15, 0.2) is 0 Å². The van der Waals surface area contributed by atoms with Gasteiger partial charge in [-0.15, -0.1) is 0 Å². The summed E-state index contributed by atoms with van der Waals surface area (Å²) in [6.45, 7) is 6.51. The van der Waals surface area contributed by atoms with Crippen LogP contribution in [0.2, 0.25) is 0 Å². The van der Waals surface area contributed by atoms with Crippen molar-refractivity contribution in [3.8, 4) is 0 Å². The average Bonchev–Trinajstić information content (AvgIpc) is 2.03. The van der Waals surface area contributed by atoms with E-state index in [2.05, 4.69) is 42.8 Å². The zero-order chi connectivity index (χ0) is 10.1. The fourth-order valence-corrected chi connectivity index (χ4v) is 1.09. The molecule has 0 aromatic carbocycles. The molecule has 1 aromatic heterocycles. The van der Waals surface area contributed by atoms with E-state index >= 15 is 0 Å². The Balaban J connectivity index is 2.94. The summed E-state index contributed by atoms with van der Waals surface area (Å²) in [7, 11) is 4.04. The number of rotatable bonds is 1. The predicted molar refractivity (Wildman–Crippen MR) is 57.3 cm³/mol. The largest absolute Gasteiger partial charge is 0.376 e. The third-order valence-electron chi connectivity index (χ3n) is 2.03. The van der Waals surface area contributed by atoms with Crippen LogP contribution in [0, 0.1) is 0 Å². The molecule has 0 unspecified atom stereocenters. The molecule has 0 N–H and O–H groups in total. The Hall–Kier alpha value is -1.05. The molecule has 1 rings (SSSR count). The number of hydrogen-bond acceptors (Lipinski definition) is 2. The molecule has 0 amide bonds. The predicted octanol–water partition coefficient (Wildman–Crippen LogP) is 2.45. The molecule has 0 saturated carbocycles. The maximum Gasteiger partial charge on any atom is 0.0547 e. The molecule has 1 aromatic rings. The van der Waals surface area contributed by atoms with Gasteiger partial charge in [-0.05, 0) is 12.1 Å². The Bertz CT molecular complexity index is 267. The molecular formula is C11H18N2. The van der Waals surface area contributed by atoms with E-state index in [0.29, 0.717) is 0 Å². The first-order valence-corrected chi connectivity index (χ1v) is 4.55. The van der Waals surface area contributed by atoms with Gasteiger partial charge >= 0.3 is 0 Å². The van der Waals surface area contributed by atoms with E-state index in [1.54, 1.807) is 0 Å². The molecule has 1 heterocycles.